The Bertz CT molecular complexity index is 350. The summed E-state index contributed by atoms with van der Waals surface area (Å²) in [4.78, 5) is 14.9. The molecule has 0 bridgehead atoms. The lowest BCUT2D eigenvalue weighted by atomic mass is 10.4. The number of aromatic nitrogens is 3. The summed E-state index contributed by atoms with van der Waals surface area (Å²) in [7, 11) is 3.83. The van der Waals surface area contributed by atoms with E-state index in [1.807, 2.05) is 19.0 Å². The van der Waals surface area contributed by atoms with E-state index in [1.165, 1.54) is 0 Å². The van der Waals surface area contributed by atoms with E-state index in [2.05, 4.69) is 46.4 Å². The van der Waals surface area contributed by atoms with Crippen molar-refractivity contribution in [3.63, 3.8) is 0 Å². The lowest BCUT2D eigenvalue weighted by Gasteiger charge is -2.15. The lowest BCUT2D eigenvalue weighted by molar-refractivity contribution is 0.854. The quantitative estimate of drug-likeness (QED) is 0.784. The summed E-state index contributed by atoms with van der Waals surface area (Å²) in [5.41, 5.74) is 0. The van der Waals surface area contributed by atoms with Gasteiger partial charge in [-0.2, -0.15) is 15.0 Å². The van der Waals surface area contributed by atoms with Crippen molar-refractivity contribution in [1.82, 2.24) is 15.0 Å². The summed E-state index contributed by atoms with van der Waals surface area (Å²) in [6.45, 7) is 7.07. The molecule has 1 aromatic rings. The fourth-order valence-corrected chi connectivity index (χ4v) is 1.20. The summed E-state index contributed by atoms with van der Waals surface area (Å²) in [5, 5.41) is 6.36. The molecule has 0 amide bonds. The van der Waals surface area contributed by atoms with Gasteiger partial charge >= 0.3 is 0 Å². The molecule has 1 rings (SSSR count). The van der Waals surface area contributed by atoms with Gasteiger partial charge in [-0.1, -0.05) is 6.92 Å². The third-order valence-electron chi connectivity index (χ3n) is 1.97. The van der Waals surface area contributed by atoms with Gasteiger partial charge in [-0.25, -0.2) is 0 Å². The molecule has 0 aliphatic rings. The molecule has 0 atom stereocenters. The van der Waals surface area contributed by atoms with Crippen molar-refractivity contribution >= 4 is 17.8 Å². The Morgan fingerprint density at radius 3 is 2.29 bits per heavy atom. The molecule has 0 aliphatic heterocycles. The molecule has 0 unspecified atom stereocenters. The van der Waals surface area contributed by atoms with Crippen LogP contribution in [0.5, 0.6) is 0 Å². The number of nitrogens with one attached hydrogen (secondary N) is 2. The van der Waals surface area contributed by atoms with Crippen molar-refractivity contribution in [2.45, 2.75) is 33.2 Å². The van der Waals surface area contributed by atoms with E-state index >= 15 is 0 Å². The lowest BCUT2D eigenvalue weighted by Crippen LogP contribution is -2.19. The van der Waals surface area contributed by atoms with Gasteiger partial charge in [0.2, 0.25) is 17.8 Å². The Morgan fingerprint density at radius 2 is 1.76 bits per heavy atom. The number of nitrogens with zero attached hydrogens (tertiary/aromatic N) is 4. The maximum atomic E-state index is 4.33. The van der Waals surface area contributed by atoms with Gasteiger partial charge in [-0.3, -0.25) is 0 Å². The van der Waals surface area contributed by atoms with Gasteiger partial charge in [-0.15, -0.1) is 0 Å². The van der Waals surface area contributed by atoms with E-state index in [0.717, 1.165) is 13.0 Å². The summed E-state index contributed by atoms with van der Waals surface area (Å²) in [6.07, 6.45) is 1.04. The molecular weight excluding hydrogens is 216 g/mol. The standard InChI is InChI=1S/C11H22N6/c1-6-7-12-9-14-10(13-8(2)3)16-11(15-9)17(4)5/h8H,6-7H2,1-5H3,(H2,12,13,14,15,16). The molecule has 0 radical (unpaired) electrons. The highest BCUT2D eigenvalue weighted by molar-refractivity contribution is 5.43. The van der Waals surface area contributed by atoms with Crippen molar-refractivity contribution in [2.24, 2.45) is 0 Å². The Kier molecular flexibility index (Phi) is 4.93. The van der Waals surface area contributed by atoms with E-state index in [-0.39, 0.29) is 0 Å². The van der Waals surface area contributed by atoms with Crippen LogP contribution in [-0.2, 0) is 0 Å². The molecule has 1 aromatic heterocycles. The van der Waals surface area contributed by atoms with Gasteiger partial charge in [0.25, 0.3) is 0 Å². The predicted octanol–water partition coefficient (Wildman–Crippen LogP) is 1.58. The summed E-state index contributed by atoms with van der Waals surface area (Å²) < 4.78 is 0. The molecule has 0 saturated carbocycles. The molecule has 0 aliphatic carbocycles. The first kappa shape index (κ1) is 13.5. The first-order valence-electron chi connectivity index (χ1n) is 5.96. The van der Waals surface area contributed by atoms with Crippen molar-refractivity contribution in [2.75, 3.05) is 36.2 Å². The van der Waals surface area contributed by atoms with Crippen LogP contribution in [0.4, 0.5) is 17.8 Å². The summed E-state index contributed by atoms with van der Waals surface area (Å²) >= 11 is 0. The van der Waals surface area contributed by atoms with E-state index in [1.54, 1.807) is 0 Å². The van der Waals surface area contributed by atoms with Gasteiger partial charge in [0, 0.05) is 26.7 Å². The highest BCUT2D eigenvalue weighted by atomic mass is 15.3. The molecule has 0 fully saturated rings. The van der Waals surface area contributed by atoms with Crippen LogP contribution in [0.3, 0.4) is 0 Å². The molecule has 17 heavy (non-hydrogen) atoms. The van der Waals surface area contributed by atoms with Crippen molar-refractivity contribution in [1.29, 1.82) is 0 Å². The van der Waals surface area contributed by atoms with E-state index < -0.39 is 0 Å². The predicted molar refractivity (Wildman–Crippen MR) is 71.7 cm³/mol. The Balaban J connectivity index is 2.92. The van der Waals surface area contributed by atoms with Crippen LogP contribution in [0.15, 0.2) is 0 Å². The van der Waals surface area contributed by atoms with Crippen LogP contribution in [0.25, 0.3) is 0 Å². The van der Waals surface area contributed by atoms with Crippen LogP contribution in [0.1, 0.15) is 27.2 Å². The number of rotatable bonds is 6. The summed E-state index contributed by atoms with van der Waals surface area (Å²) in [6, 6.07) is 0.298. The second-order valence-corrected chi connectivity index (χ2v) is 4.40. The van der Waals surface area contributed by atoms with Crippen LogP contribution in [0.2, 0.25) is 0 Å². The molecule has 0 aromatic carbocycles. The first-order valence-corrected chi connectivity index (χ1v) is 5.96. The largest absolute Gasteiger partial charge is 0.354 e. The smallest absolute Gasteiger partial charge is 0.231 e. The molecular formula is C11H22N6. The average Bonchev–Trinajstić information content (AvgIpc) is 2.25. The first-order chi connectivity index (χ1) is 8.02. The molecule has 96 valence electrons. The van der Waals surface area contributed by atoms with Gasteiger partial charge < -0.3 is 15.5 Å². The van der Waals surface area contributed by atoms with Crippen molar-refractivity contribution < 1.29 is 0 Å². The average molecular weight is 238 g/mol. The fourth-order valence-electron chi connectivity index (χ4n) is 1.20. The van der Waals surface area contributed by atoms with Gasteiger partial charge in [0.05, 0.1) is 0 Å². The zero-order valence-corrected chi connectivity index (χ0v) is 11.3. The minimum Gasteiger partial charge on any atom is -0.354 e. The number of anilines is 3. The van der Waals surface area contributed by atoms with Crippen molar-refractivity contribution in [3.8, 4) is 0 Å². The fraction of sp³-hybridized carbons (Fsp3) is 0.727. The zero-order chi connectivity index (χ0) is 12.8. The topological polar surface area (TPSA) is 66.0 Å². The maximum Gasteiger partial charge on any atom is 0.231 e. The highest BCUT2D eigenvalue weighted by Gasteiger charge is 2.08. The van der Waals surface area contributed by atoms with Gasteiger partial charge in [0.1, 0.15) is 0 Å². The monoisotopic (exact) mass is 238 g/mol. The van der Waals surface area contributed by atoms with E-state index in [4.69, 9.17) is 0 Å². The zero-order valence-electron chi connectivity index (χ0n) is 11.3. The molecule has 6 nitrogen and oxygen atoms in total. The number of hydrogen-bond donors (Lipinski definition) is 2. The molecule has 0 spiro atoms. The normalized spacial score (nSPS) is 10.5. The molecule has 2 N–H and O–H groups in total. The molecule has 6 heteroatoms. The van der Waals surface area contributed by atoms with Crippen LogP contribution in [0, 0.1) is 0 Å². The van der Waals surface area contributed by atoms with Crippen molar-refractivity contribution in [3.05, 3.63) is 0 Å². The summed E-state index contributed by atoms with van der Waals surface area (Å²) in [5.74, 6) is 1.88. The van der Waals surface area contributed by atoms with E-state index in [0.29, 0.717) is 23.9 Å². The molecule has 1 heterocycles. The van der Waals surface area contributed by atoms with E-state index in [9.17, 15) is 0 Å². The number of hydrogen-bond acceptors (Lipinski definition) is 6. The Hall–Kier alpha value is -1.59. The Labute approximate surface area is 103 Å². The van der Waals surface area contributed by atoms with Gasteiger partial charge in [0.15, 0.2) is 0 Å². The Morgan fingerprint density at radius 1 is 1.12 bits per heavy atom. The van der Waals surface area contributed by atoms with Gasteiger partial charge in [-0.05, 0) is 20.3 Å². The third kappa shape index (κ3) is 4.42. The van der Waals surface area contributed by atoms with Crippen LogP contribution in [-0.4, -0.2) is 41.6 Å². The minimum atomic E-state index is 0.298. The second kappa shape index (κ2) is 6.22. The SMILES string of the molecule is CCCNc1nc(NC(C)C)nc(N(C)C)n1. The highest BCUT2D eigenvalue weighted by Crippen LogP contribution is 2.12. The third-order valence-corrected chi connectivity index (χ3v) is 1.97. The minimum absolute atomic E-state index is 0.298. The maximum absolute atomic E-state index is 4.33. The second-order valence-electron chi connectivity index (χ2n) is 4.40. The van der Waals surface area contributed by atoms with Crippen LogP contribution >= 0.6 is 0 Å². The van der Waals surface area contributed by atoms with Crippen LogP contribution < -0.4 is 15.5 Å². The molecule has 0 saturated heterocycles.